The number of carbonyl (C=O) groups excluding carboxylic acids is 2. The van der Waals surface area contributed by atoms with E-state index in [0.29, 0.717) is 0 Å². The van der Waals surface area contributed by atoms with E-state index < -0.39 is 32.9 Å². The molecule has 1 rings (SSSR count). The van der Waals surface area contributed by atoms with Gasteiger partial charge in [0.2, 0.25) is 0 Å². The van der Waals surface area contributed by atoms with Crippen molar-refractivity contribution in [3.05, 3.63) is 48.6 Å². The molecule has 0 unspecified atom stereocenters. The smallest absolute Gasteiger partial charge is 0.440 e. The monoisotopic (exact) mass is 383 g/mol. The highest BCUT2D eigenvalue weighted by atomic mass is 32.2. The van der Waals surface area contributed by atoms with Gasteiger partial charge in [0.1, 0.15) is 11.6 Å². The Morgan fingerprint density at radius 3 is 2.27 bits per heavy atom. The lowest BCUT2D eigenvalue weighted by molar-refractivity contribution is -0.145. The van der Waals surface area contributed by atoms with E-state index in [4.69, 9.17) is 9.47 Å². The van der Waals surface area contributed by atoms with Gasteiger partial charge >= 0.3 is 21.3 Å². The maximum Gasteiger partial charge on any atom is 0.440 e. The molecule has 1 aromatic rings. The van der Waals surface area contributed by atoms with E-state index in [0.717, 1.165) is 17.0 Å². The van der Waals surface area contributed by atoms with Crippen molar-refractivity contribution in [2.45, 2.75) is 38.8 Å². The Balaban J connectivity index is 3.28. The van der Waals surface area contributed by atoms with Gasteiger partial charge in [0, 0.05) is 6.54 Å². The second-order valence-electron chi connectivity index (χ2n) is 6.56. The lowest BCUT2D eigenvalue weighted by Gasteiger charge is -2.28. The number of hydrogen-bond acceptors (Lipinski definition) is 6. The third kappa shape index (κ3) is 5.96. The number of benzene rings is 1. The van der Waals surface area contributed by atoms with Gasteiger partial charge in [-0.3, -0.25) is 4.79 Å². The predicted octanol–water partition coefficient (Wildman–Crippen LogP) is 2.52. The minimum absolute atomic E-state index is 0.0450. The minimum Gasteiger partial charge on any atom is -0.468 e. The second-order valence-corrected chi connectivity index (χ2v) is 8.31. The van der Waals surface area contributed by atoms with Crippen LogP contribution in [0.3, 0.4) is 0 Å². The molecule has 0 saturated carbocycles. The highest BCUT2D eigenvalue weighted by Crippen LogP contribution is 2.19. The molecule has 0 aliphatic heterocycles. The lowest BCUT2D eigenvalue weighted by Crippen LogP contribution is -2.50. The molecule has 1 atom stereocenters. The quantitative estimate of drug-likeness (QED) is 0.531. The van der Waals surface area contributed by atoms with Crippen molar-refractivity contribution in [2.24, 2.45) is 0 Å². The summed E-state index contributed by atoms with van der Waals surface area (Å²) in [7, 11) is -3.41. The van der Waals surface area contributed by atoms with Crippen LogP contribution < -0.4 is 0 Å². The Morgan fingerprint density at radius 2 is 1.81 bits per heavy atom. The van der Waals surface area contributed by atoms with Crippen LogP contribution in [0.2, 0.25) is 0 Å². The first-order chi connectivity index (χ1) is 12.0. The Kier molecular flexibility index (Phi) is 7.53. The summed E-state index contributed by atoms with van der Waals surface area (Å²) in [5, 5.41) is -1.42. The van der Waals surface area contributed by atoms with E-state index in [1.807, 2.05) is 0 Å². The number of methoxy groups -OCH3 is 1. The van der Waals surface area contributed by atoms with Gasteiger partial charge in [-0.15, -0.1) is 6.58 Å². The maximum atomic E-state index is 12.7. The largest absolute Gasteiger partial charge is 0.468 e. The molecule has 0 amide bonds. The van der Waals surface area contributed by atoms with Crippen LogP contribution in [0.25, 0.3) is 0 Å². The molecule has 0 fully saturated rings. The number of sulfonamides is 1. The number of nitrogens with zero attached hydrogens (tertiary/aromatic N) is 1. The van der Waals surface area contributed by atoms with E-state index >= 15 is 0 Å². The SMILES string of the molecule is C=CCN([C@@H](Cc1ccccc1)C(=O)OC)S(=O)(=O)C(=O)OC(C)(C)C. The molecule has 0 aliphatic rings. The summed E-state index contributed by atoms with van der Waals surface area (Å²) in [5.41, 5.74) is -0.277. The summed E-state index contributed by atoms with van der Waals surface area (Å²) in [4.78, 5) is 24.5. The van der Waals surface area contributed by atoms with Crippen molar-refractivity contribution in [1.29, 1.82) is 0 Å². The first-order valence-corrected chi connectivity index (χ1v) is 9.44. The molecule has 0 radical (unpaired) electrons. The standard InChI is InChI=1S/C18H25NO6S/c1-6-12-19(26(22,23)17(21)25-18(2,3)4)15(16(20)24-5)13-14-10-8-7-9-11-14/h6-11,15H,1,12-13H2,2-5H3/t15-/m0/s1. The molecular formula is C18H25NO6S. The molecular weight excluding hydrogens is 358 g/mol. The molecule has 0 bridgehead atoms. The first-order valence-electron chi connectivity index (χ1n) is 8.00. The fraction of sp³-hybridized carbons (Fsp3) is 0.444. The number of rotatable bonds is 7. The van der Waals surface area contributed by atoms with E-state index in [2.05, 4.69) is 6.58 Å². The van der Waals surface area contributed by atoms with Crippen molar-refractivity contribution in [3.63, 3.8) is 0 Å². The Bertz CT molecular complexity index is 737. The summed E-state index contributed by atoms with van der Waals surface area (Å²) in [6, 6.07) is 7.62. The van der Waals surface area contributed by atoms with Gasteiger partial charge in [0.25, 0.3) is 0 Å². The number of hydrogen-bond donors (Lipinski definition) is 0. The topological polar surface area (TPSA) is 90.0 Å². The Hall–Kier alpha value is -2.19. The van der Waals surface area contributed by atoms with Crippen molar-refractivity contribution in [2.75, 3.05) is 13.7 Å². The van der Waals surface area contributed by atoms with Crippen molar-refractivity contribution in [3.8, 4) is 0 Å². The van der Waals surface area contributed by atoms with Gasteiger partial charge in [-0.2, -0.15) is 12.7 Å². The van der Waals surface area contributed by atoms with Crippen molar-refractivity contribution in [1.82, 2.24) is 4.31 Å². The van der Waals surface area contributed by atoms with E-state index in [9.17, 15) is 18.0 Å². The summed E-state index contributed by atoms with van der Waals surface area (Å²) >= 11 is 0. The van der Waals surface area contributed by atoms with E-state index in [1.54, 1.807) is 51.1 Å². The number of ether oxygens (including phenoxy) is 2. The molecule has 26 heavy (non-hydrogen) atoms. The van der Waals surface area contributed by atoms with Gasteiger partial charge in [-0.1, -0.05) is 36.4 Å². The summed E-state index contributed by atoms with van der Waals surface area (Å²) in [6.45, 7) is 7.94. The average molecular weight is 383 g/mol. The lowest BCUT2D eigenvalue weighted by atomic mass is 10.1. The summed E-state index contributed by atoms with van der Waals surface area (Å²) in [5.74, 6) is -0.775. The highest BCUT2D eigenvalue weighted by molar-refractivity contribution is 8.03. The van der Waals surface area contributed by atoms with Gasteiger partial charge < -0.3 is 9.47 Å². The zero-order valence-electron chi connectivity index (χ0n) is 15.5. The van der Waals surface area contributed by atoms with Gasteiger partial charge in [0.05, 0.1) is 7.11 Å². The van der Waals surface area contributed by atoms with Crippen LogP contribution in [0, 0.1) is 0 Å². The normalized spacial score (nSPS) is 13.1. The molecule has 0 saturated heterocycles. The number of carbonyl (C=O) groups is 2. The van der Waals surface area contributed by atoms with Gasteiger partial charge in [0.15, 0.2) is 0 Å². The van der Waals surface area contributed by atoms with Crippen LogP contribution in [0.15, 0.2) is 43.0 Å². The van der Waals surface area contributed by atoms with Gasteiger partial charge in [-0.05, 0) is 32.8 Å². The van der Waals surface area contributed by atoms with Crippen LogP contribution >= 0.6 is 0 Å². The minimum atomic E-state index is -4.57. The van der Waals surface area contributed by atoms with E-state index in [-0.39, 0.29) is 13.0 Å². The molecule has 144 valence electrons. The first kappa shape index (κ1) is 21.9. The van der Waals surface area contributed by atoms with Crippen LogP contribution in [-0.2, 0) is 30.7 Å². The molecule has 0 heterocycles. The molecule has 0 aromatic heterocycles. The predicted molar refractivity (Wildman–Crippen MR) is 98.0 cm³/mol. The average Bonchev–Trinajstić information content (AvgIpc) is 2.56. The fourth-order valence-corrected chi connectivity index (χ4v) is 3.54. The van der Waals surface area contributed by atoms with E-state index in [1.165, 1.54) is 6.08 Å². The molecule has 8 heteroatoms. The van der Waals surface area contributed by atoms with Crippen molar-refractivity contribution >= 4 is 21.3 Å². The maximum absolute atomic E-state index is 12.7. The van der Waals surface area contributed by atoms with Crippen LogP contribution in [0.5, 0.6) is 0 Å². The van der Waals surface area contributed by atoms with Crippen molar-refractivity contribution < 1.29 is 27.5 Å². The Morgan fingerprint density at radius 1 is 1.23 bits per heavy atom. The second kappa shape index (κ2) is 8.95. The Labute approximate surface area is 154 Å². The molecule has 0 aliphatic carbocycles. The molecule has 0 spiro atoms. The third-order valence-electron chi connectivity index (χ3n) is 3.31. The fourth-order valence-electron chi connectivity index (χ4n) is 2.19. The highest BCUT2D eigenvalue weighted by Gasteiger charge is 2.41. The zero-order chi connectivity index (χ0) is 20.0. The summed E-state index contributed by atoms with van der Waals surface area (Å²) in [6.07, 6.45) is 1.34. The van der Waals surface area contributed by atoms with Gasteiger partial charge in [-0.25, -0.2) is 4.79 Å². The molecule has 0 N–H and O–H groups in total. The van der Waals surface area contributed by atoms with Crippen LogP contribution in [0.1, 0.15) is 26.3 Å². The zero-order valence-corrected chi connectivity index (χ0v) is 16.3. The molecule has 7 nitrogen and oxygen atoms in total. The summed E-state index contributed by atoms with van der Waals surface area (Å²) < 4.78 is 36.0. The van der Waals surface area contributed by atoms with Crippen LogP contribution in [-0.4, -0.2) is 49.3 Å². The number of esters is 1. The molecule has 1 aromatic carbocycles. The third-order valence-corrected chi connectivity index (χ3v) is 4.84. The van der Waals surface area contributed by atoms with Crippen LogP contribution in [0.4, 0.5) is 4.79 Å².